The standard InChI is InChI=1S/C13H21N3O/c1-13(2,3)15-9-12(17)16-11-6-4-10(8-14)5-7-11/h4-7,15H,8-9,14H2,1-3H3,(H,16,17). The van der Waals surface area contributed by atoms with Gasteiger partial charge in [0.2, 0.25) is 5.91 Å². The number of hydrogen-bond donors (Lipinski definition) is 3. The SMILES string of the molecule is CC(C)(C)NCC(=O)Nc1ccc(CN)cc1. The number of nitrogens with two attached hydrogens (primary N) is 1. The van der Waals surface area contributed by atoms with Gasteiger partial charge < -0.3 is 16.4 Å². The zero-order valence-corrected chi connectivity index (χ0v) is 10.7. The van der Waals surface area contributed by atoms with Crippen molar-refractivity contribution < 1.29 is 4.79 Å². The van der Waals surface area contributed by atoms with Crippen LogP contribution in [0.2, 0.25) is 0 Å². The number of anilines is 1. The van der Waals surface area contributed by atoms with Gasteiger partial charge in [0.25, 0.3) is 0 Å². The molecule has 0 spiro atoms. The van der Waals surface area contributed by atoms with Crippen LogP contribution in [-0.2, 0) is 11.3 Å². The molecule has 4 nitrogen and oxygen atoms in total. The van der Waals surface area contributed by atoms with Crippen LogP contribution in [0.15, 0.2) is 24.3 Å². The maximum absolute atomic E-state index is 11.6. The van der Waals surface area contributed by atoms with E-state index in [2.05, 4.69) is 10.6 Å². The predicted molar refractivity (Wildman–Crippen MR) is 70.7 cm³/mol. The molecule has 0 radical (unpaired) electrons. The average Bonchev–Trinajstić information content (AvgIpc) is 2.27. The molecule has 0 aliphatic carbocycles. The summed E-state index contributed by atoms with van der Waals surface area (Å²) in [6.07, 6.45) is 0. The molecule has 17 heavy (non-hydrogen) atoms. The van der Waals surface area contributed by atoms with Gasteiger partial charge in [-0.1, -0.05) is 12.1 Å². The van der Waals surface area contributed by atoms with Crippen molar-refractivity contribution in [1.29, 1.82) is 0 Å². The summed E-state index contributed by atoms with van der Waals surface area (Å²) < 4.78 is 0. The van der Waals surface area contributed by atoms with Gasteiger partial charge in [-0.15, -0.1) is 0 Å². The number of nitrogens with one attached hydrogen (secondary N) is 2. The van der Waals surface area contributed by atoms with Gasteiger partial charge in [0.15, 0.2) is 0 Å². The number of rotatable bonds is 4. The molecule has 1 amide bonds. The van der Waals surface area contributed by atoms with Crippen molar-refractivity contribution >= 4 is 11.6 Å². The van der Waals surface area contributed by atoms with E-state index in [0.717, 1.165) is 11.3 Å². The molecule has 0 aliphatic heterocycles. The third kappa shape index (κ3) is 5.47. The first-order valence-corrected chi connectivity index (χ1v) is 5.74. The summed E-state index contributed by atoms with van der Waals surface area (Å²) in [5.74, 6) is -0.0413. The normalized spacial score (nSPS) is 11.3. The van der Waals surface area contributed by atoms with Gasteiger partial charge in [-0.25, -0.2) is 0 Å². The van der Waals surface area contributed by atoms with Gasteiger partial charge in [0, 0.05) is 17.8 Å². The Labute approximate surface area is 103 Å². The van der Waals surface area contributed by atoms with Crippen molar-refractivity contribution in [3.05, 3.63) is 29.8 Å². The molecule has 4 heteroatoms. The summed E-state index contributed by atoms with van der Waals surface area (Å²) in [4.78, 5) is 11.6. The van der Waals surface area contributed by atoms with Crippen LogP contribution in [0.25, 0.3) is 0 Å². The minimum Gasteiger partial charge on any atom is -0.326 e. The predicted octanol–water partition coefficient (Wildman–Crippen LogP) is 1.47. The van der Waals surface area contributed by atoms with E-state index < -0.39 is 0 Å². The Morgan fingerprint density at radius 3 is 2.29 bits per heavy atom. The van der Waals surface area contributed by atoms with Crippen LogP contribution >= 0.6 is 0 Å². The molecule has 0 aromatic heterocycles. The van der Waals surface area contributed by atoms with E-state index in [9.17, 15) is 4.79 Å². The van der Waals surface area contributed by atoms with Crippen molar-refractivity contribution in [1.82, 2.24) is 5.32 Å². The van der Waals surface area contributed by atoms with E-state index >= 15 is 0 Å². The van der Waals surface area contributed by atoms with E-state index in [-0.39, 0.29) is 11.4 Å². The summed E-state index contributed by atoms with van der Waals surface area (Å²) in [5.41, 5.74) is 7.29. The van der Waals surface area contributed by atoms with Crippen LogP contribution in [-0.4, -0.2) is 18.0 Å². The quantitative estimate of drug-likeness (QED) is 0.740. The lowest BCUT2D eigenvalue weighted by Gasteiger charge is -2.20. The van der Waals surface area contributed by atoms with Crippen molar-refractivity contribution in [2.24, 2.45) is 5.73 Å². The first kappa shape index (κ1) is 13.7. The van der Waals surface area contributed by atoms with Crippen LogP contribution in [0.1, 0.15) is 26.3 Å². The Morgan fingerprint density at radius 1 is 1.24 bits per heavy atom. The molecule has 4 N–H and O–H groups in total. The topological polar surface area (TPSA) is 67.2 Å². The van der Waals surface area contributed by atoms with Crippen LogP contribution in [0, 0.1) is 0 Å². The third-order valence-corrected chi connectivity index (χ3v) is 2.25. The molecule has 94 valence electrons. The van der Waals surface area contributed by atoms with Crippen molar-refractivity contribution in [2.75, 3.05) is 11.9 Å². The molecule has 0 aliphatic rings. The monoisotopic (exact) mass is 235 g/mol. The number of carbonyl (C=O) groups excluding carboxylic acids is 1. The van der Waals surface area contributed by atoms with Crippen molar-refractivity contribution in [3.8, 4) is 0 Å². The van der Waals surface area contributed by atoms with Gasteiger partial charge in [0.1, 0.15) is 0 Å². The summed E-state index contributed by atoms with van der Waals surface area (Å²) in [6, 6.07) is 7.54. The Hall–Kier alpha value is -1.39. The Kier molecular flexibility index (Phi) is 4.66. The lowest BCUT2D eigenvalue weighted by molar-refractivity contribution is -0.115. The second-order valence-electron chi connectivity index (χ2n) is 5.05. The molecule has 0 saturated carbocycles. The van der Waals surface area contributed by atoms with E-state index in [1.54, 1.807) is 0 Å². The van der Waals surface area contributed by atoms with Crippen molar-refractivity contribution in [3.63, 3.8) is 0 Å². The fourth-order valence-corrected chi connectivity index (χ4v) is 1.27. The lowest BCUT2D eigenvalue weighted by atomic mass is 10.1. The maximum atomic E-state index is 11.6. The molecule has 1 aromatic rings. The van der Waals surface area contributed by atoms with Crippen LogP contribution in [0.4, 0.5) is 5.69 Å². The van der Waals surface area contributed by atoms with Crippen LogP contribution < -0.4 is 16.4 Å². The second-order valence-corrected chi connectivity index (χ2v) is 5.05. The van der Waals surface area contributed by atoms with Gasteiger partial charge in [-0.2, -0.15) is 0 Å². The maximum Gasteiger partial charge on any atom is 0.238 e. The van der Waals surface area contributed by atoms with E-state index in [4.69, 9.17) is 5.73 Å². The minimum atomic E-state index is -0.0548. The number of carbonyl (C=O) groups is 1. The minimum absolute atomic E-state index is 0.0413. The number of amides is 1. The molecule has 0 saturated heterocycles. The number of benzene rings is 1. The van der Waals surface area contributed by atoms with Gasteiger partial charge >= 0.3 is 0 Å². The molecule has 1 rings (SSSR count). The molecule has 0 bridgehead atoms. The Balaban J connectivity index is 2.45. The highest BCUT2D eigenvalue weighted by atomic mass is 16.1. The van der Waals surface area contributed by atoms with Crippen LogP contribution in [0.3, 0.4) is 0 Å². The molecule has 0 unspecified atom stereocenters. The highest BCUT2D eigenvalue weighted by molar-refractivity contribution is 5.92. The molecule has 0 atom stereocenters. The summed E-state index contributed by atoms with van der Waals surface area (Å²) in [5, 5.41) is 5.96. The Bertz CT molecular complexity index is 365. The molecule has 0 heterocycles. The third-order valence-electron chi connectivity index (χ3n) is 2.25. The van der Waals surface area contributed by atoms with E-state index in [0.29, 0.717) is 13.1 Å². The van der Waals surface area contributed by atoms with Gasteiger partial charge in [0.05, 0.1) is 6.54 Å². The van der Waals surface area contributed by atoms with E-state index in [1.165, 1.54) is 0 Å². The first-order valence-electron chi connectivity index (χ1n) is 5.74. The second kappa shape index (κ2) is 5.80. The summed E-state index contributed by atoms with van der Waals surface area (Å²) in [7, 11) is 0. The number of hydrogen-bond acceptors (Lipinski definition) is 3. The fourth-order valence-electron chi connectivity index (χ4n) is 1.27. The van der Waals surface area contributed by atoms with Gasteiger partial charge in [-0.05, 0) is 38.5 Å². The Morgan fingerprint density at radius 2 is 1.82 bits per heavy atom. The highest BCUT2D eigenvalue weighted by Crippen LogP contribution is 2.08. The van der Waals surface area contributed by atoms with E-state index in [1.807, 2.05) is 45.0 Å². The summed E-state index contributed by atoms with van der Waals surface area (Å²) >= 11 is 0. The van der Waals surface area contributed by atoms with Crippen molar-refractivity contribution in [2.45, 2.75) is 32.9 Å². The highest BCUT2D eigenvalue weighted by Gasteiger charge is 2.11. The molecule has 0 fully saturated rings. The molecular formula is C13H21N3O. The van der Waals surface area contributed by atoms with Gasteiger partial charge in [-0.3, -0.25) is 4.79 Å². The smallest absolute Gasteiger partial charge is 0.238 e. The largest absolute Gasteiger partial charge is 0.326 e. The zero-order chi connectivity index (χ0) is 12.9. The average molecular weight is 235 g/mol. The zero-order valence-electron chi connectivity index (χ0n) is 10.7. The molecular weight excluding hydrogens is 214 g/mol. The summed E-state index contributed by atoms with van der Waals surface area (Å²) in [6.45, 7) is 6.89. The first-order chi connectivity index (χ1) is 7.90. The van der Waals surface area contributed by atoms with Crippen LogP contribution in [0.5, 0.6) is 0 Å². The lowest BCUT2D eigenvalue weighted by Crippen LogP contribution is -2.41. The molecule has 1 aromatic carbocycles. The fraction of sp³-hybridized carbons (Fsp3) is 0.462.